The molecule has 0 bridgehead atoms. The maximum absolute atomic E-state index is 14.0. The number of halogens is 2. The number of aromatic amines is 1. The lowest BCUT2D eigenvalue weighted by atomic mass is 10.1. The fraction of sp³-hybridized carbons (Fsp3) is 0.200. The standard InChI is InChI=1S/C15H12ClFN6O2/c16-7-1-9-10(3-19-12(9)18-2-7)13-20-4-11(17)14(22-13)21-8-5-23(6-8)15(24)25/h1-4,8H,5-6H2,(H,18,19)(H,24,25)(H,20,21,22). The second-order valence-electron chi connectivity index (χ2n) is 5.67. The molecule has 0 spiro atoms. The Hall–Kier alpha value is -2.94. The van der Waals surface area contributed by atoms with E-state index in [1.165, 1.54) is 11.1 Å². The van der Waals surface area contributed by atoms with Gasteiger partial charge in [0.25, 0.3) is 0 Å². The molecule has 0 radical (unpaired) electrons. The first-order valence-corrected chi connectivity index (χ1v) is 7.79. The number of hydrogen-bond donors (Lipinski definition) is 3. The highest BCUT2D eigenvalue weighted by molar-refractivity contribution is 6.31. The number of nitrogens with one attached hydrogen (secondary N) is 2. The van der Waals surface area contributed by atoms with Crippen LogP contribution in [0.25, 0.3) is 22.4 Å². The quantitative estimate of drug-likeness (QED) is 0.661. The minimum Gasteiger partial charge on any atom is -0.465 e. The first-order valence-electron chi connectivity index (χ1n) is 7.41. The van der Waals surface area contributed by atoms with E-state index in [1.54, 1.807) is 12.3 Å². The summed E-state index contributed by atoms with van der Waals surface area (Å²) in [5.74, 6) is -0.258. The number of fused-ring (bicyclic) bond motifs is 1. The Morgan fingerprint density at radius 1 is 1.40 bits per heavy atom. The van der Waals surface area contributed by atoms with Crippen LogP contribution in [0.5, 0.6) is 0 Å². The van der Waals surface area contributed by atoms with Crippen molar-refractivity contribution in [3.05, 3.63) is 35.5 Å². The third-order valence-corrected chi connectivity index (χ3v) is 4.18. The van der Waals surface area contributed by atoms with E-state index >= 15 is 0 Å². The van der Waals surface area contributed by atoms with Gasteiger partial charge in [-0.05, 0) is 6.07 Å². The molecule has 0 saturated carbocycles. The Morgan fingerprint density at radius 3 is 2.96 bits per heavy atom. The van der Waals surface area contributed by atoms with Gasteiger partial charge in [0.1, 0.15) is 5.65 Å². The molecule has 4 heterocycles. The molecule has 25 heavy (non-hydrogen) atoms. The van der Waals surface area contributed by atoms with Gasteiger partial charge in [-0.1, -0.05) is 11.6 Å². The molecule has 0 aliphatic carbocycles. The summed E-state index contributed by atoms with van der Waals surface area (Å²) in [5.41, 5.74) is 1.27. The van der Waals surface area contributed by atoms with Gasteiger partial charge in [0.2, 0.25) is 0 Å². The second-order valence-corrected chi connectivity index (χ2v) is 6.11. The van der Waals surface area contributed by atoms with Gasteiger partial charge in [0.15, 0.2) is 17.5 Å². The lowest BCUT2D eigenvalue weighted by molar-refractivity contribution is 0.111. The molecule has 128 valence electrons. The van der Waals surface area contributed by atoms with Crippen molar-refractivity contribution in [1.29, 1.82) is 0 Å². The van der Waals surface area contributed by atoms with E-state index in [9.17, 15) is 9.18 Å². The normalized spacial score (nSPS) is 14.6. The lowest BCUT2D eigenvalue weighted by Gasteiger charge is -2.37. The Morgan fingerprint density at radius 2 is 2.20 bits per heavy atom. The number of pyridine rings is 1. The molecule has 1 amide bonds. The molecular weight excluding hydrogens is 351 g/mol. The Balaban J connectivity index is 1.63. The molecule has 4 rings (SSSR count). The summed E-state index contributed by atoms with van der Waals surface area (Å²) in [4.78, 5) is 27.4. The zero-order valence-electron chi connectivity index (χ0n) is 12.7. The maximum atomic E-state index is 14.0. The van der Waals surface area contributed by atoms with Gasteiger partial charge < -0.3 is 20.3 Å². The number of amides is 1. The second kappa shape index (κ2) is 5.85. The number of carboxylic acid groups (broad SMARTS) is 1. The first kappa shape index (κ1) is 15.6. The zero-order chi connectivity index (χ0) is 17.6. The Bertz CT molecular complexity index is 972. The summed E-state index contributed by atoms with van der Waals surface area (Å²) >= 11 is 5.98. The van der Waals surface area contributed by atoms with Crippen molar-refractivity contribution in [1.82, 2.24) is 24.8 Å². The number of likely N-dealkylation sites (tertiary alicyclic amines) is 1. The molecule has 3 N–H and O–H groups in total. The van der Waals surface area contributed by atoms with E-state index in [-0.39, 0.29) is 24.9 Å². The molecule has 3 aromatic heterocycles. The molecule has 1 aliphatic rings. The summed E-state index contributed by atoms with van der Waals surface area (Å²) in [6.07, 6.45) is 3.29. The van der Waals surface area contributed by atoms with Crippen LogP contribution in [0.3, 0.4) is 0 Å². The van der Waals surface area contributed by atoms with Crippen molar-refractivity contribution in [2.45, 2.75) is 6.04 Å². The molecule has 1 fully saturated rings. The number of H-pyrrole nitrogens is 1. The van der Waals surface area contributed by atoms with Crippen LogP contribution in [0.2, 0.25) is 5.02 Å². The van der Waals surface area contributed by atoms with E-state index in [4.69, 9.17) is 16.7 Å². The summed E-state index contributed by atoms with van der Waals surface area (Å²) in [7, 11) is 0. The number of rotatable bonds is 3. The predicted molar refractivity (Wildman–Crippen MR) is 89.1 cm³/mol. The van der Waals surface area contributed by atoms with Gasteiger partial charge in [-0.15, -0.1) is 0 Å². The average Bonchev–Trinajstić information content (AvgIpc) is 2.94. The van der Waals surface area contributed by atoms with Gasteiger partial charge in [0.05, 0.1) is 17.3 Å². The molecule has 3 aromatic rings. The highest BCUT2D eigenvalue weighted by Gasteiger charge is 2.31. The molecule has 10 heteroatoms. The van der Waals surface area contributed by atoms with Gasteiger partial charge in [-0.3, -0.25) is 0 Å². The minimum atomic E-state index is -0.995. The minimum absolute atomic E-state index is 0.0318. The molecule has 0 aromatic carbocycles. The highest BCUT2D eigenvalue weighted by Crippen LogP contribution is 2.28. The maximum Gasteiger partial charge on any atom is 0.407 e. The van der Waals surface area contributed by atoms with E-state index in [0.29, 0.717) is 22.1 Å². The summed E-state index contributed by atoms with van der Waals surface area (Å²) in [6, 6.07) is 1.54. The molecule has 1 aliphatic heterocycles. The third kappa shape index (κ3) is 2.82. The van der Waals surface area contributed by atoms with Crippen LogP contribution < -0.4 is 5.32 Å². The zero-order valence-corrected chi connectivity index (χ0v) is 13.5. The molecular formula is C15H12ClFN6O2. The summed E-state index contributed by atoms with van der Waals surface area (Å²) in [5, 5.41) is 12.9. The van der Waals surface area contributed by atoms with Crippen LogP contribution in [0.4, 0.5) is 15.0 Å². The highest BCUT2D eigenvalue weighted by atomic mass is 35.5. The molecule has 0 unspecified atom stereocenters. The van der Waals surface area contributed by atoms with E-state index in [1.807, 2.05) is 0 Å². The SMILES string of the molecule is O=C(O)N1CC(Nc2nc(-c3c[nH]c4ncc(Cl)cc34)ncc2F)C1. The van der Waals surface area contributed by atoms with E-state index in [2.05, 4.69) is 25.3 Å². The van der Waals surface area contributed by atoms with Crippen LogP contribution in [-0.2, 0) is 0 Å². The van der Waals surface area contributed by atoms with Crippen molar-refractivity contribution >= 4 is 34.5 Å². The van der Waals surface area contributed by atoms with Crippen LogP contribution in [-0.4, -0.2) is 55.2 Å². The average molecular weight is 363 g/mol. The number of hydrogen-bond acceptors (Lipinski definition) is 5. The summed E-state index contributed by atoms with van der Waals surface area (Å²) < 4.78 is 14.0. The number of anilines is 1. The van der Waals surface area contributed by atoms with Gasteiger partial charge in [0, 0.05) is 36.4 Å². The van der Waals surface area contributed by atoms with Crippen molar-refractivity contribution in [3.8, 4) is 11.4 Å². The van der Waals surface area contributed by atoms with Crippen LogP contribution in [0.15, 0.2) is 24.7 Å². The molecule has 1 saturated heterocycles. The van der Waals surface area contributed by atoms with Gasteiger partial charge in [-0.2, -0.15) is 0 Å². The smallest absolute Gasteiger partial charge is 0.407 e. The molecule has 8 nitrogen and oxygen atoms in total. The fourth-order valence-electron chi connectivity index (χ4n) is 2.68. The van der Waals surface area contributed by atoms with Crippen LogP contribution in [0.1, 0.15) is 0 Å². The third-order valence-electron chi connectivity index (χ3n) is 3.98. The molecule has 0 atom stereocenters. The number of carbonyl (C=O) groups is 1. The first-order chi connectivity index (χ1) is 12.0. The van der Waals surface area contributed by atoms with Crippen molar-refractivity contribution in [2.24, 2.45) is 0 Å². The van der Waals surface area contributed by atoms with Gasteiger partial charge >= 0.3 is 6.09 Å². The fourth-order valence-corrected chi connectivity index (χ4v) is 2.84. The largest absolute Gasteiger partial charge is 0.465 e. The van der Waals surface area contributed by atoms with E-state index in [0.717, 1.165) is 11.6 Å². The lowest BCUT2D eigenvalue weighted by Crippen LogP contribution is -2.56. The van der Waals surface area contributed by atoms with E-state index < -0.39 is 11.9 Å². The van der Waals surface area contributed by atoms with Crippen LogP contribution in [0, 0.1) is 5.82 Å². The monoisotopic (exact) mass is 362 g/mol. The predicted octanol–water partition coefficient (Wildman–Crippen LogP) is 2.59. The Kier molecular flexibility index (Phi) is 3.65. The van der Waals surface area contributed by atoms with Crippen molar-refractivity contribution < 1.29 is 14.3 Å². The van der Waals surface area contributed by atoms with Crippen molar-refractivity contribution in [3.63, 3.8) is 0 Å². The number of aromatic nitrogens is 4. The van der Waals surface area contributed by atoms with Crippen LogP contribution >= 0.6 is 11.6 Å². The van der Waals surface area contributed by atoms with Crippen molar-refractivity contribution in [2.75, 3.05) is 18.4 Å². The Labute approximate surface area is 145 Å². The topological polar surface area (TPSA) is 107 Å². The summed E-state index contributed by atoms with van der Waals surface area (Å²) in [6.45, 7) is 0.557. The van der Waals surface area contributed by atoms with Gasteiger partial charge in [-0.25, -0.2) is 24.1 Å². The number of nitrogens with zero attached hydrogens (tertiary/aromatic N) is 4.